The van der Waals surface area contributed by atoms with E-state index in [2.05, 4.69) is 106 Å². The van der Waals surface area contributed by atoms with Gasteiger partial charge >= 0.3 is 17.9 Å². The Hall–Kier alpha value is -3.41. The van der Waals surface area contributed by atoms with Crippen LogP contribution in [0.25, 0.3) is 0 Å². The van der Waals surface area contributed by atoms with Gasteiger partial charge in [0.25, 0.3) is 0 Å². The van der Waals surface area contributed by atoms with E-state index in [-0.39, 0.29) is 31.1 Å². The summed E-state index contributed by atoms with van der Waals surface area (Å²) in [5.41, 5.74) is 0. The topological polar surface area (TPSA) is 78.9 Å². The summed E-state index contributed by atoms with van der Waals surface area (Å²) in [5, 5.41) is 0. The van der Waals surface area contributed by atoms with Crippen LogP contribution < -0.4 is 0 Å². The Balaban J connectivity index is 4.34. The maximum absolute atomic E-state index is 12.7. The third kappa shape index (κ3) is 45.5. The first-order chi connectivity index (χ1) is 29.0. The van der Waals surface area contributed by atoms with Crippen molar-refractivity contribution in [3.63, 3.8) is 0 Å². The van der Waals surface area contributed by atoms with E-state index in [1.165, 1.54) is 38.5 Å². The third-order valence-electron chi connectivity index (χ3n) is 9.90. The summed E-state index contributed by atoms with van der Waals surface area (Å²) in [6, 6.07) is 0. The minimum atomic E-state index is -0.788. The lowest BCUT2D eigenvalue weighted by atomic mass is 10.1. The zero-order valence-corrected chi connectivity index (χ0v) is 38.2. The number of carbonyl (C=O) groups is 3. The number of allylic oxidation sites excluding steroid dienone is 14. The molecular formula is C53H88O6. The van der Waals surface area contributed by atoms with Crippen molar-refractivity contribution in [2.24, 2.45) is 0 Å². The van der Waals surface area contributed by atoms with Gasteiger partial charge in [0, 0.05) is 19.3 Å². The van der Waals surface area contributed by atoms with E-state index in [1.54, 1.807) is 0 Å². The van der Waals surface area contributed by atoms with Crippen LogP contribution in [-0.2, 0) is 28.6 Å². The van der Waals surface area contributed by atoms with E-state index in [1.807, 2.05) is 0 Å². The van der Waals surface area contributed by atoms with Crippen LogP contribution in [0.15, 0.2) is 85.1 Å². The van der Waals surface area contributed by atoms with Gasteiger partial charge in [0.1, 0.15) is 13.2 Å². The first-order valence-electron chi connectivity index (χ1n) is 24.1. The summed E-state index contributed by atoms with van der Waals surface area (Å²) < 4.78 is 16.7. The third-order valence-corrected chi connectivity index (χ3v) is 9.90. The van der Waals surface area contributed by atoms with Gasteiger partial charge in [-0.15, -0.1) is 0 Å². The van der Waals surface area contributed by atoms with Crippen molar-refractivity contribution in [3.05, 3.63) is 85.1 Å². The van der Waals surface area contributed by atoms with Crippen molar-refractivity contribution in [1.82, 2.24) is 0 Å². The second-order valence-electron chi connectivity index (χ2n) is 15.6. The van der Waals surface area contributed by atoms with Crippen LogP contribution in [0.4, 0.5) is 0 Å². The van der Waals surface area contributed by atoms with Gasteiger partial charge in [-0.25, -0.2) is 0 Å². The van der Waals surface area contributed by atoms with Crippen molar-refractivity contribution in [2.75, 3.05) is 13.2 Å². The number of unbranched alkanes of at least 4 members (excludes halogenated alkanes) is 17. The van der Waals surface area contributed by atoms with Gasteiger partial charge in [-0.3, -0.25) is 14.4 Å². The van der Waals surface area contributed by atoms with E-state index in [9.17, 15) is 14.4 Å². The van der Waals surface area contributed by atoms with Crippen molar-refractivity contribution in [2.45, 2.75) is 219 Å². The lowest BCUT2D eigenvalue weighted by Gasteiger charge is -2.18. The summed E-state index contributed by atoms with van der Waals surface area (Å²) in [7, 11) is 0. The Morgan fingerprint density at radius 1 is 0.356 bits per heavy atom. The summed E-state index contributed by atoms with van der Waals surface area (Å²) in [6.45, 7) is 6.33. The molecule has 6 heteroatoms. The molecule has 59 heavy (non-hydrogen) atoms. The normalized spacial score (nSPS) is 12.8. The van der Waals surface area contributed by atoms with E-state index in [4.69, 9.17) is 14.2 Å². The second kappa shape index (κ2) is 47.3. The molecule has 0 aromatic carbocycles. The molecule has 0 aromatic rings. The molecule has 0 spiro atoms. The first-order valence-corrected chi connectivity index (χ1v) is 24.1. The molecular weight excluding hydrogens is 733 g/mol. The highest BCUT2D eigenvalue weighted by Gasteiger charge is 2.19. The molecule has 0 amide bonds. The van der Waals surface area contributed by atoms with Crippen LogP contribution in [0.3, 0.4) is 0 Å². The Bertz CT molecular complexity index is 1170. The molecule has 0 bridgehead atoms. The number of hydrogen-bond donors (Lipinski definition) is 0. The SMILES string of the molecule is CC/C=C\C/C=C\C/C=C\C/C=C\CCCCCCCCC(=O)OCC(COC(=O)CCCCCCCCC)OC(=O)CCCCCCC/C=C\C/C=C\C/C=C\CC. The molecule has 0 aromatic heterocycles. The largest absolute Gasteiger partial charge is 0.462 e. The molecule has 0 N–H and O–H groups in total. The molecule has 0 heterocycles. The van der Waals surface area contributed by atoms with E-state index in [0.29, 0.717) is 19.3 Å². The van der Waals surface area contributed by atoms with Crippen LogP contribution in [-0.4, -0.2) is 37.2 Å². The van der Waals surface area contributed by atoms with Gasteiger partial charge in [-0.1, -0.05) is 189 Å². The summed E-state index contributed by atoms with van der Waals surface area (Å²) in [4.78, 5) is 37.7. The summed E-state index contributed by atoms with van der Waals surface area (Å²) in [5.74, 6) is -0.932. The van der Waals surface area contributed by atoms with Crippen LogP contribution in [0.2, 0.25) is 0 Å². The molecule has 6 nitrogen and oxygen atoms in total. The Morgan fingerprint density at radius 3 is 1.03 bits per heavy atom. The highest BCUT2D eigenvalue weighted by molar-refractivity contribution is 5.71. The molecule has 0 radical (unpaired) electrons. The smallest absolute Gasteiger partial charge is 0.306 e. The number of carbonyl (C=O) groups excluding carboxylic acids is 3. The van der Waals surface area contributed by atoms with E-state index in [0.717, 1.165) is 135 Å². The fourth-order valence-electron chi connectivity index (χ4n) is 6.33. The highest BCUT2D eigenvalue weighted by atomic mass is 16.6. The van der Waals surface area contributed by atoms with Gasteiger partial charge in [-0.2, -0.15) is 0 Å². The second-order valence-corrected chi connectivity index (χ2v) is 15.6. The lowest BCUT2D eigenvalue weighted by Crippen LogP contribution is -2.30. The van der Waals surface area contributed by atoms with Gasteiger partial charge in [0.05, 0.1) is 0 Å². The van der Waals surface area contributed by atoms with Crippen molar-refractivity contribution >= 4 is 17.9 Å². The molecule has 0 aliphatic heterocycles. The molecule has 336 valence electrons. The molecule has 0 rings (SSSR count). The monoisotopic (exact) mass is 821 g/mol. The zero-order chi connectivity index (χ0) is 43.0. The maximum Gasteiger partial charge on any atom is 0.306 e. The van der Waals surface area contributed by atoms with Gasteiger partial charge in [-0.05, 0) is 89.9 Å². The summed E-state index contributed by atoms with van der Waals surface area (Å²) in [6.07, 6.45) is 60.0. The molecule has 1 atom stereocenters. The van der Waals surface area contributed by atoms with Crippen LogP contribution >= 0.6 is 0 Å². The Kier molecular flexibility index (Phi) is 44.5. The fourth-order valence-corrected chi connectivity index (χ4v) is 6.33. The molecule has 0 saturated carbocycles. The Morgan fingerprint density at radius 2 is 0.661 bits per heavy atom. The van der Waals surface area contributed by atoms with Crippen LogP contribution in [0.5, 0.6) is 0 Å². The molecule has 0 aliphatic carbocycles. The van der Waals surface area contributed by atoms with Crippen molar-refractivity contribution in [3.8, 4) is 0 Å². The van der Waals surface area contributed by atoms with E-state index >= 15 is 0 Å². The number of ether oxygens (including phenoxy) is 3. The average molecular weight is 821 g/mol. The average Bonchev–Trinajstić information content (AvgIpc) is 3.23. The minimum Gasteiger partial charge on any atom is -0.462 e. The fraction of sp³-hybridized carbons (Fsp3) is 0.679. The molecule has 0 aliphatic rings. The Labute approximate surface area is 363 Å². The van der Waals surface area contributed by atoms with Crippen molar-refractivity contribution < 1.29 is 28.6 Å². The van der Waals surface area contributed by atoms with Gasteiger partial charge in [0.15, 0.2) is 6.10 Å². The first kappa shape index (κ1) is 55.6. The summed E-state index contributed by atoms with van der Waals surface area (Å²) >= 11 is 0. The molecule has 0 saturated heterocycles. The predicted octanol–water partition coefficient (Wildman–Crippen LogP) is 15.6. The van der Waals surface area contributed by atoms with Crippen molar-refractivity contribution in [1.29, 1.82) is 0 Å². The highest BCUT2D eigenvalue weighted by Crippen LogP contribution is 2.13. The maximum atomic E-state index is 12.7. The molecule has 1 unspecified atom stereocenters. The number of hydrogen-bond acceptors (Lipinski definition) is 6. The lowest BCUT2D eigenvalue weighted by molar-refractivity contribution is -0.167. The van der Waals surface area contributed by atoms with E-state index < -0.39 is 6.10 Å². The van der Waals surface area contributed by atoms with Crippen LogP contribution in [0, 0.1) is 0 Å². The van der Waals surface area contributed by atoms with Crippen LogP contribution in [0.1, 0.15) is 213 Å². The quantitative estimate of drug-likeness (QED) is 0.0264. The standard InChI is InChI=1S/C53H88O6/c1-4-7-10-13-16-18-20-22-24-25-26-27-29-30-32-34-37-40-43-46-52(55)58-49-50(48-57-51(54)45-42-39-36-15-12-9-6-3)59-53(56)47-44-41-38-35-33-31-28-23-21-19-17-14-11-8-5-2/h7-8,10-11,16-19,22-24,26-28,50H,4-6,9,12-15,20-21,25,29-49H2,1-3H3/b10-7-,11-8-,18-16-,19-17-,24-22-,27-26-,28-23-. The molecule has 0 fully saturated rings. The predicted molar refractivity (Wildman–Crippen MR) is 251 cm³/mol. The van der Waals surface area contributed by atoms with Gasteiger partial charge < -0.3 is 14.2 Å². The number of esters is 3. The number of rotatable bonds is 42. The van der Waals surface area contributed by atoms with Gasteiger partial charge in [0.2, 0.25) is 0 Å². The minimum absolute atomic E-state index is 0.0888. The zero-order valence-electron chi connectivity index (χ0n) is 38.2.